The number of hydrogen-bond acceptors (Lipinski definition) is 14. The summed E-state index contributed by atoms with van der Waals surface area (Å²) in [7, 11) is 0. The Bertz CT molecular complexity index is 3100. The summed E-state index contributed by atoms with van der Waals surface area (Å²) in [6, 6.07) is 15.9. The third-order valence-corrected chi connectivity index (χ3v) is 19.2. The van der Waals surface area contributed by atoms with Crippen molar-refractivity contribution in [2.24, 2.45) is 16.2 Å². The molecule has 2 amide bonds. The highest BCUT2D eigenvalue weighted by atomic mass is 79.9. The molecule has 7 heterocycles. The van der Waals surface area contributed by atoms with Gasteiger partial charge in [0.05, 0.1) is 68.3 Å². The van der Waals surface area contributed by atoms with Gasteiger partial charge in [0.2, 0.25) is 0 Å². The first kappa shape index (κ1) is 70.0. The predicted octanol–water partition coefficient (Wildman–Crippen LogP) is 10.9. The number of alkyl halides is 4. The summed E-state index contributed by atoms with van der Waals surface area (Å²) in [5.74, 6) is -0.0158. The number of fused-ring (bicyclic) bond motifs is 1. The van der Waals surface area contributed by atoms with E-state index < -0.39 is 17.0 Å². The molecule has 2 saturated heterocycles. The molecule has 2 aromatic carbocycles. The Morgan fingerprint density at radius 2 is 1.24 bits per heavy atom. The number of ether oxygens (including phenoxy) is 4. The van der Waals surface area contributed by atoms with Crippen molar-refractivity contribution in [2.45, 2.75) is 72.6 Å². The quantitative estimate of drug-likeness (QED) is 0.0352. The van der Waals surface area contributed by atoms with Crippen LogP contribution in [0.5, 0.6) is 0 Å². The number of nitrogens with one attached hydrogen (secondary N) is 4. The van der Waals surface area contributed by atoms with Gasteiger partial charge in [0.15, 0.2) is 0 Å². The van der Waals surface area contributed by atoms with Gasteiger partial charge in [-0.25, -0.2) is 18.7 Å². The van der Waals surface area contributed by atoms with E-state index in [0.717, 1.165) is 46.1 Å². The van der Waals surface area contributed by atoms with Gasteiger partial charge in [-0.1, -0.05) is 99.1 Å². The molecule has 1 spiro atoms. The summed E-state index contributed by atoms with van der Waals surface area (Å²) in [6.07, 6.45) is 6.78. The Morgan fingerprint density at radius 1 is 0.718 bits per heavy atom. The van der Waals surface area contributed by atoms with Gasteiger partial charge in [-0.3, -0.25) is 9.59 Å². The number of benzene rings is 2. The molecule has 3 aliphatic rings. The number of H-pyrrole nitrogens is 1. The lowest BCUT2D eigenvalue weighted by Gasteiger charge is -2.38. The number of pyridine rings is 2. The maximum Gasteiger partial charge on any atom is 0.270 e. The van der Waals surface area contributed by atoms with Crippen LogP contribution in [0.1, 0.15) is 70.9 Å². The third-order valence-electron chi connectivity index (χ3n) is 13.8. The Morgan fingerprint density at radius 3 is 1.72 bits per heavy atom. The Balaban J connectivity index is 0.000000212. The highest BCUT2D eigenvalue weighted by Crippen LogP contribution is 2.37. The molecular weight excluding hydrogens is 1410 g/mol. The molecule has 0 atom stereocenters. The number of aromatic amines is 1. The predicted molar refractivity (Wildman–Crippen MR) is 340 cm³/mol. The van der Waals surface area contributed by atoms with Gasteiger partial charge in [-0.15, -0.1) is 0 Å². The lowest BCUT2D eigenvalue weighted by Crippen LogP contribution is -2.48. The molecule has 18 nitrogen and oxygen atoms in total. The summed E-state index contributed by atoms with van der Waals surface area (Å²) in [5, 5.41) is 49.9. The summed E-state index contributed by atoms with van der Waals surface area (Å²) in [4.78, 5) is 39.6. The maximum absolute atomic E-state index is 14.1. The van der Waals surface area contributed by atoms with Crippen molar-refractivity contribution in [1.82, 2.24) is 29.7 Å². The number of anilines is 2. The van der Waals surface area contributed by atoms with E-state index in [1.54, 1.807) is 35.6 Å². The second-order valence-corrected chi connectivity index (χ2v) is 24.8. The van der Waals surface area contributed by atoms with Crippen molar-refractivity contribution in [2.75, 3.05) is 91.7 Å². The molecule has 8 N–H and O–H groups in total. The summed E-state index contributed by atoms with van der Waals surface area (Å²) in [6.45, 7) is 11.7. The number of aromatic nitrogens is 4. The summed E-state index contributed by atoms with van der Waals surface area (Å²) >= 11 is 26.1. The molecule has 0 aliphatic carbocycles. The van der Waals surface area contributed by atoms with Crippen molar-refractivity contribution < 1.29 is 57.7 Å². The van der Waals surface area contributed by atoms with Crippen LogP contribution >= 0.6 is 86.9 Å². The SMILES string of the molecule is BrCC1(CBr)COCOC1.CC(C)Nc1cc(-c2c[nH]c(C(=O)NCc3cc(F)ccc3CO)c2)c(Cl)cn1.CC(C)Nc1cc(-c2cc3n(c2)CC2(COCOC2)CN(Cc2cc(F)ccc2CO)C3=O)c(Cl)cn1.OCC(CO)(CBr)CBr. The molecule has 0 unspecified atom stereocenters. The van der Waals surface area contributed by atoms with Gasteiger partial charge in [-0.05, 0) is 98.5 Å². The van der Waals surface area contributed by atoms with Crippen LogP contribution < -0.4 is 16.0 Å². The van der Waals surface area contributed by atoms with E-state index in [1.807, 2.05) is 56.7 Å². The fraction of sp³-hybridized carbons (Fsp3) is 0.458. The molecule has 26 heteroatoms. The maximum atomic E-state index is 14.1. The number of nitrogens with zero attached hydrogens (tertiary/aromatic N) is 4. The van der Waals surface area contributed by atoms with E-state index in [2.05, 4.69) is 94.6 Å². The van der Waals surface area contributed by atoms with Gasteiger partial charge in [0.1, 0.15) is 48.2 Å². The first-order valence-electron chi connectivity index (χ1n) is 27.1. The first-order valence-corrected chi connectivity index (χ1v) is 32.3. The van der Waals surface area contributed by atoms with Crippen molar-refractivity contribution >= 4 is 110 Å². The number of rotatable bonds is 19. The van der Waals surface area contributed by atoms with Crippen LogP contribution in [0.15, 0.2) is 85.5 Å². The number of hydrogen-bond donors (Lipinski definition) is 8. The average molecular weight is 1480 g/mol. The molecule has 6 aromatic rings. The molecule has 0 saturated carbocycles. The molecule has 85 heavy (non-hydrogen) atoms. The number of carbonyl (C=O) groups is 2. The Hall–Kier alpha value is -4.12. The minimum absolute atomic E-state index is 0. The van der Waals surface area contributed by atoms with E-state index >= 15 is 0 Å². The standard InChI is InChI=1S/C27H30ClFN4O4.C21H22ClFN4O2.C6H10Br2O2.C5H10Br2O2/c1-17(2)31-25-7-22(23(28)8-30-25)20-6-24-26(35)33(9-19-5-21(29)4-3-18(19)11-34)13-27(12-32(24)10-20)14-36-16-37-15-27;1-12(2)27-20-7-17(18(22)10-25-20)15-6-19(24-9-15)21(29)26-8-14-5-16(23)4-3-13(14)11-28;7-1-6(2-8)3-9-5-10-4-6;6-1-5(2-7,3-8)4-9/h3-8,10,17,34H,9,11-16H2,1-2H3,(H,30,31);3-7,9-10,12,24,28H,8,11H2,1-2H3,(H,25,27)(H,26,29);1-5H2;8-9H,1-4H2. The lowest BCUT2D eigenvalue weighted by atomic mass is 9.88. The van der Waals surface area contributed by atoms with Crippen LogP contribution in [0.4, 0.5) is 20.4 Å². The van der Waals surface area contributed by atoms with Gasteiger partial charge in [0, 0.05) is 117 Å². The van der Waals surface area contributed by atoms with Crippen molar-refractivity contribution in [3.8, 4) is 22.3 Å². The number of halogens is 8. The van der Waals surface area contributed by atoms with Gasteiger partial charge in [0.25, 0.3) is 11.8 Å². The van der Waals surface area contributed by atoms with Crippen LogP contribution in [0.3, 0.4) is 0 Å². The molecular formula is C59H72Br4Cl2F2N8O10. The highest BCUT2D eigenvalue weighted by Gasteiger charge is 2.42. The zero-order valence-electron chi connectivity index (χ0n) is 47.5. The number of aliphatic hydroxyl groups excluding tert-OH is 4. The van der Waals surface area contributed by atoms with Crippen LogP contribution in [0, 0.1) is 27.9 Å². The van der Waals surface area contributed by atoms with Gasteiger partial charge in [-0.2, -0.15) is 0 Å². The zero-order valence-corrected chi connectivity index (χ0v) is 55.4. The third kappa shape index (κ3) is 19.4. The van der Waals surface area contributed by atoms with E-state index in [9.17, 15) is 28.6 Å². The Labute approximate surface area is 537 Å². The number of aliphatic hydroxyl groups is 4. The Kier molecular flexibility index (Phi) is 27.5. The molecule has 3 aliphatic heterocycles. The topological polar surface area (TPSA) is 238 Å². The van der Waals surface area contributed by atoms with Crippen molar-refractivity contribution in [1.29, 1.82) is 0 Å². The minimum atomic E-state index is -0.492. The van der Waals surface area contributed by atoms with Gasteiger partial charge >= 0.3 is 0 Å². The fourth-order valence-corrected chi connectivity index (χ4v) is 12.7. The molecule has 4 aromatic heterocycles. The first-order chi connectivity index (χ1) is 40.7. The highest BCUT2D eigenvalue weighted by molar-refractivity contribution is 9.10. The monoisotopic (exact) mass is 1480 g/mol. The van der Waals surface area contributed by atoms with E-state index in [4.69, 9.17) is 52.4 Å². The van der Waals surface area contributed by atoms with Crippen molar-refractivity contribution in [3.63, 3.8) is 0 Å². The fourth-order valence-electron chi connectivity index (χ4n) is 9.04. The van der Waals surface area contributed by atoms with E-state index in [1.165, 1.54) is 30.3 Å². The normalized spacial score (nSPS) is 15.4. The largest absolute Gasteiger partial charge is 0.396 e. The van der Waals surface area contributed by atoms with Gasteiger partial charge < -0.3 is 69.8 Å². The molecule has 9 rings (SSSR count). The lowest BCUT2D eigenvalue weighted by molar-refractivity contribution is -0.172. The average Bonchev–Trinajstić information content (AvgIpc) is 2.24. The minimum Gasteiger partial charge on any atom is -0.396 e. The molecule has 0 bridgehead atoms. The summed E-state index contributed by atoms with van der Waals surface area (Å²) in [5.41, 5.74) is 5.37. The van der Waals surface area contributed by atoms with E-state index in [-0.39, 0.29) is 81.0 Å². The van der Waals surface area contributed by atoms with Crippen LogP contribution in [0.25, 0.3) is 22.3 Å². The number of carbonyl (C=O) groups excluding carboxylic acids is 2. The second kappa shape index (κ2) is 33.5. The zero-order chi connectivity index (χ0) is 61.9. The second-order valence-electron chi connectivity index (χ2n) is 21.7. The van der Waals surface area contributed by atoms with Crippen LogP contribution in [-0.2, 0) is 51.8 Å². The van der Waals surface area contributed by atoms with Crippen LogP contribution in [-0.4, -0.2) is 150 Å². The smallest absolute Gasteiger partial charge is 0.270 e. The summed E-state index contributed by atoms with van der Waals surface area (Å²) < 4.78 is 51.2. The molecule has 464 valence electrons. The molecule has 0 radical (unpaired) electrons. The number of amides is 2. The van der Waals surface area contributed by atoms with E-state index in [0.29, 0.717) is 99.1 Å². The van der Waals surface area contributed by atoms with Crippen LogP contribution in [0.2, 0.25) is 10.0 Å². The van der Waals surface area contributed by atoms with Crippen molar-refractivity contribution in [3.05, 3.63) is 141 Å². The molecule has 2 fully saturated rings.